The third-order valence-corrected chi connectivity index (χ3v) is 3.28. The molecule has 0 aliphatic heterocycles. The summed E-state index contributed by atoms with van der Waals surface area (Å²) in [6.45, 7) is 1.27. The topological polar surface area (TPSA) is 53.6 Å². The fraction of sp³-hybridized carbons (Fsp3) is 0.235. The minimum absolute atomic E-state index is 0.200. The molecule has 0 aromatic heterocycles. The van der Waals surface area contributed by atoms with Gasteiger partial charge in [-0.1, -0.05) is 18.2 Å². The molecule has 0 saturated heterocycles. The molecule has 0 aliphatic rings. The minimum atomic E-state index is -0.200. The molecule has 5 heteroatoms. The maximum atomic E-state index is 11.8. The van der Waals surface area contributed by atoms with Crippen LogP contribution >= 0.6 is 0 Å². The SMILES string of the molecule is COc1ccc(N(C)CCNC(=O)Nc2ccccc2)cc1. The van der Waals surface area contributed by atoms with Crippen LogP contribution in [-0.4, -0.2) is 33.3 Å². The van der Waals surface area contributed by atoms with Crippen molar-refractivity contribution in [3.63, 3.8) is 0 Å². The molecular weight excluding hydrogens is 278 g/mol. The Labute approximate surface area is 130 Å². The summed E-state index contributed by atoms with van der Waals surface area (Å²) in [5.74, 6) is 0.831. The highest BCUT2D eigenvalue weighted by molar-refractivity contribution is 5.89. The average molecular weight is 299 g/mol. The van der Waals surface area contributed by atoms with E-state index in [4.69, 9.17) is 4.74 Å². The second-order valence-electron chi connectivity index (χ2n) is 4.87. The Morgan fingerprint density at radius 3 is 2.41 bits per heavy atom. The zero-order valence-electron chi connectivity index (χ0n) is 12.9. The molecule has 2 aromatic rings. The number of methoxy groups -OCH3 is 1. The molecule has 0 heterocycles. The molecule has 22 heavy (non-hydrogen) atoms. The molecule has 2 rings (SSSR count). The lowest BCUT2D eigenvalue weighted by Gasteiger charge is -2.19. The predicted octanol–water partition coefficient (Wildman–Crippen LogP) is 2.95. The molecule has 0 radical (unpaired) electrons. The van der Waals surface area contributed by atoms with Gasteiger partial charge in [0.2, 0.25) is 0 Å². The van der Waals surface area contributed by atoms with E-state index in [1.54, 1.807) is 7.11 Å². The molecule has 0 fully saturated rings. The van der Waals surface area contributed by atoms with Crippen molar-refractivity contribution in [2.24, 2.45) is 0 Å². The van der Waals surface area contributed by atoms with E-state index < -0.39 is 0 Å². The van der Waals surface area contributed by atoms with Gasteiger partial charge in [-0.15, -0.1) is 0 Å². The van der Waals surface area contributed by atoms with Gasteiger partial charge >= 0.3 is 6.03 Å². The number of carbonyl (C=O) groups excluding carboxylic acids is 1. The molecular formula is C17H21N3O2. The summed E-state index contributed by atoms with van der Waals surface area (Å²) in [7, 11) is 3.63. The van der Waals surface area contributed by atoms with Crippen LogP contribution in [0.25, 0.3) is 0 Å². The number of hydrogen-bond donors (Lipinski definition) is 2. The van der Waals surface area contributed by atoms with E-state index in [0.29, 0.717) is 13.1 Å². The van der Waals surface area contributed by atoms with Crippen LogP contribution < -0.4 is 20.3 Å². The third-order valence-electron chi connectivity index (χ3n) is 3.28. The number of amides is 2. The summed E-state index contributed by atoms with van der Waals surface area (Å²) in [5.41, 5.74) is 1.86. The number of likely N-dealkylation sites (N-methyl/N-ethyl adjacent to an activating group) is 1. The molecule has 0 atom stereocenters. The number of para-hydroxylation sites is 1. The van der Waals surface area contributed by atoms with Crippen molar-refractivity contribution in [1.82, 2.24) is 5.32 Å². The third kappa shape index (κ3) is 4.70. The van der Waals surface area contributed by atoms with Gasteiger partial charge in [-0.25, -0.2) is 4.79 Å². The van der Waals surface area contributed by atoms with Gasteiger partial charge in [0.25, 0.3) is 0 Å². The first kappa shape index (κ1) is 15.7. The van der Waals surface area contributed by atoms with Crippen LogP contribution in [0.5, 0.6) is 5.75 Å². The Balaban J connectivity index is 1.74. The molecule has 2 aromatic carbocycles. The largest absolute Gasteiger partial charge is 0.497 e. The molecule has 0 spiro atoms. The first-order chi connectivity index (χ1) is 10.7. The number of ether oxygens (including phenoxy) is 1. The summed E-state index contributed by atoms with van der Waals surface area (Å²) in [6.07, 6.45) is 0. The van der Waals surface area contributed by atoms with E-state index >= 15 is 0 Å². The summed E-state index contributed by atoms with van der Waals surface area (Å²) in [4.78, 5) is 13.8. The summed E-state index contributed by atoms with van der Waals surface area (Å²) in [5, 5.41) is 5.62. The molecule has 0 aliphatic carbocycles. The van der Waals surface area contributed by atoms with Gasteiger partial charge in [-0.05, 0) is 36.4 Å². The number of nitrogens with zero attached hydrogens (tertiary/aromatic N) is 1. The van der Waals surface area contributed by atoms with Gasteiger partial charge in [-0.3, -0.25) is 0 Å². The number of benzene rings is 2. The maximum absolute atomic E-state index is 11.8. The Morgan fingerprint density at radius 1 is 1.09 bits per heavy atom. The highest BCUT2D eigenvalue weighted by Crippen LogP contribution is 2.17. The molecule has 0 unspecified atom stereocenters. The number of nitrogens with one attached hydrogen (secondary N) is 2. The first-order valence-electron chi connectivity index (χ1n) is 7.14. The fourth-order valence-corrected chi connectivity index (χ4v) is 2.00. The number of urea groups is 1. The molecule has 0 saturated carbocycles. The first-order valence-corrected chi connectivity index (χ1v) is 7.14. The quantitative estimate of drug-likeness (QED) is 0.862. The van der Waals surface area contributed by atoms with E-state index in [1.807, 2.05) is 61.6 Å². The van der Waals surface area contributed by atoms with E-state index in [-0.39, 0.29) is 6.03 Å². The lowest BCUT2D eigenvalue weighted by molar-refractivity contribution is 0.252. The van der Waals surface area contributed by atoms with Crippen LogP contribution in [0.1, 0.15) is 0 Å². The lowest BCUT2D eigenvalue weighted by atomic mass is 10.3. The molecule has 116 valence electrons. The van der Waals surface area contributed by atoms with E-state index in [0.717, 1.165) is 17.1 Å². The maximum Gasteiger partial charge on any atom is 0.319 e. The second kappa shape index (κ2) is 7.93. The van der Waals surface area contributed by atoms with E-state index in [2.05, 4.69) is 15.5 Å². The van der Waals surface area contributed by atoms with E-state index in [1.165, 1.54) is 0 Å². The van der Waals surface area contributed by atoms with Crippen molar-refractivity contribution in [1.29, 1.82) is 0 Å². The predicted molar refractivity (Wildman–Crippen MR) is 89.7 cm³/mol. The molecule has 5 nitrogen and oxygen atoms in total. The Kier molecular flexibility index (Phi) is 5.65. The van der Waals surface area contributed by atoms with Crippen molar-refractivity contribution in [2.75, 3.05) is 37.5 Å². The zero-order chi connectivity index (χ0) is 15.8. The van der Waals surface area contributed by atoms with Gasteiger partial charge in [0, 0.05) is 31.5 Å². The standard InChI is InChI=1S/C17H21N3O2/c1-20(15-8-10-16(22-2)11-9-15)13-12-18-17(21)19-14-6-4-3-5-7-14/h3-11H,12-13H2,1-2H3,(H2,18,19,21). The van der Waals surface area contributed by atoms with Crippen LogP contribution in [0.4, 0.5) is 16.2 Å². The molecule has 0 bridgehead atoms. The van der Waals surface area contributed by atoms with Gasteiger partial charge in [0.15, 0.2) is 0 Å². The summed E-state index contributed by atoms with van der Waals surface area (Å²) >= 11 is 0. The lowest BCUT2D eigenvalue weighted by Crippen LogP contribution is -2.35. The van der Waals surface area contributed by atoms with Gasteiger partial charge < -0.3 is 20.3 Å². The summed E-state index contributed by atoms with van der Waals surface area (Å²) < 4.78 is 5.13. The van der Waals surface area contributed by atoms with Crippen LogP contribution in [0.3, 0.4) is 0 Å². The zero-order valence-corrected chi connectivity index (χ0v) is 12.9. The Morgan fingerprint density at radius 2 is 1.77 bits per heavy atom. The number of anilines is 2. The van der Waals surface area contributed by atoms with Crippen molar-refractivity contribution in [3.8, 4) is 5.75 Å². The van der Waals surface area contributed by atoms with Crippen molar-refractivity contribution < 1.29 is 9.53 Å². The fourth-order valence-electron chi connectivity index (χ4n) is 2.00. The van der Waals surface area contributed by atoms with Gasteiger partial charge in [-0.2, -0.15) is 0 Å². The van der Waals surface area contributed by atoms with Crippen LogP contribution in [-0.2, 0) is 0 Å². The minimum Gasteiger partial charge on any atom is -0.497 e. The second-order valence-corrected chi connectivity index (χ2v) is 4.87. The Bertz CT molecular complexity index is 585. The normalized spacial score (nSPS) is 9.91. The van der Waals surface area contributed by atoms with Crippen LogP contribution in [0.15, 0.2) is 54.6 Å². The summed E-state index contributed by atoms with van der Waals surface area (Å²) in [6, 6.07) is 17.0. The number of carbonyl (C=O) groups is 1. The van der Waals surface area contributed by atoms with Crippen molar-refractivity contribution in [3.05, 3.63) is 54.6 Å². The van der Waals surface area contributed by atoms with Gasteiger partial charge in [0.05, 0.1) is 7.11 Å². The van der Waals surface area contributed by atoms with Crippen molar-refractivity contribution in [2.45, 2.75) is 0 Å². The molecule has 2 amide bonds. The van der Waals surface area contributed by atoms with Crippen molar-refractivity contribution >= 4 is 17.4 Å². The monoisotopic (exact) mass is 299 g/mol. The highest BCUT2D eigenvalue weighted by Gasteiger charge is 2.03. The van der Waals surface area contributed by atoms with Crippen LogP contribution in [0, 0.1) is 0 Å². The molecule has 2 N–H and O–H groups in total. The number of hydrogen-bond acceptors (Lipinski definition) is 3. The average Bonchev–Trinajstić information content (AvgIpc) is 2.55. The van der Waals surface area contributed by atoms with E-state index in [9.17, 15) is 4.79 Å². The number of rotatable bonds is 6. The van der Waals surface area contributed by atoms with Crippen LogP contribution in [0.2, 0.25) is 0 Å². The van der Waals surface area contributed by atoms with Gasteiger partial charge in [0.1, 0.15) is 5.75 Å². The Hall–Kier alpha value is -2.69. The smallest absolute Gasteiger partial charge is 0.319 e. The highest BCUT2D eigenvalue weighted by atomic mass is 16.5.